The highest BCUT2D eigenvalue weighted by atomic mass is 16.5. The highest BCUT2D eigenvalue weighted by Crippen LogP contribution is 2.24. The van der Waals surface area contributed by atoms with Crippen LogP contribution in [0.1, 0.15) is 54.0 Å². The van der Waals surface area contributed by atoms with Gasteiger partial charge in [0.25, 0.3) is 5.91 Å². The standard InChI is InChI=1S/C19H26N6O2/c1-2-5-15-14(12-21-23-15)18(26)25-10-11-27-17(13-25)16-6-7-20-19(22-16)24-8-3-4-9-24/h6-7,12,17H,2-5,8-11,13H2,1H3,(H,21,23)/t17-/m0/s1. The van der Waals surface area contributed by atoms with Gasteiger partial charge in [0.15, 0.2) is 0 Å². The molecule has 0 bridgehead atoms. The van der Waals surface area contributed by atoms with Crippen molar-refractivity contribution in [2.75, 3.05) is 37.7 Å². The predicted octanol–water partition coefficient (Wildman–Crippen LogP) is 1.97. The van der Waals surface area contributed by atoms with E-state index in [-0.39, 0.29) is 12.0 Å². The number of anilines is 1. The second kappa shape index (κ2) is 8.04. The molecule has 2 aromatic rings. The molecule has 0 aromatic carbocycles. The smallest absolute Gasteiger partial charge is 0.257 e. The molecule has 4 rings (SSSR count). The summed E-state index contributed by atoms with van der Waals surface area (Å²) in [6, 6.07) is 1.89. The Morgan fingerprint density at radius 1 is 1.33 bits per heavy atom. The van der Waals surface area contributed by atoms with Crippen molar-refractivity contribution in [2.24, 2.45) is 0 Å². The second-order valence-electron chi connectivity index (χ2n) is 7.10. The lowest BCUT2D eigenvalue weighted by Gasteiger charge is -2.33. The number of hydrogen-bond donors (Lipinski definition) is 1. The summed E-state index contributed by atoms with van der Waals surface area (Å²) in [6.45, 7) is 5.66. The highest BCUT2D eigenvalue weighted by Gasteiger charge is 2.29. The molecule has 0 spiro atoms. The van der Waals surface area contributed by atoms with E-state index in [4.69, 9.17) is 9.72 Å². The van der Waals surface area contributed by atoms with Gasteiger partial charge in [-0.05, 0) is 25.3 Å². The SMILES string of the molecule is CCCc1[nH]ncc1C(=O)N1CCO[C@H](c2ccnc(N3CCCC3)n2)C1. The molecule has 27 heavy (non-hydrogen) atoms. The first-order chi connectivity index (χ1) is 13.3. The van der Waals surface area contributed by atoms with E-state index in [0.29, 0.717) is 25.3 Å². The van der Waals surface area contributed by atoms with Crippen LogP contribution in [0, 0.1) is 0 Å². The van der Waals surface area contributed by atoms with Crippen molar-refractivity contribution < 1.29 is 9.53 Å². The topological polar surface area (TPSA) is 87.2 Å². The molecule has 2 aliphatic rings. The summed E-state index contributed by atoms with van der Waals surface area (Å²) in [5.74, 6) is 0.770. The summed E-state index contributed by atoms with van der Waals surface area (Å²) in [6.07, 6.45) is 7.34. The van der Waals surface area contributed by atoms with Crippen molar-refractivity contribution in [3.63, 3.8) is 0 Å². The monoisotopic (exact) mass is 370 g/mol. The van der Waals surface area contributed by atoms with Gasteiger partial charge in [-0.15, -0.1) is 0 Å². The molecule has 0 radical (unpaired) electrons. The Morgan fingerprint density at radius 2 is 2.19 bits per heavy atom. The summed E-state index contributed by atoms with van der Waals surface area (Å²) in [7, 11) is 0. The van der Waals surface area contributed by atoms with E-state index in [1.807, 2.05) is 11.0 Å². The van der Waals surface area contributed by atoms with Gasteiger partial charge in [0.1, 0.15) is 6.10 Å². The maximum Gasteiger partial charge on any atom is 0.257 e. The highest BCUT2D eigenvalue weighted by molar-refractivity contribution is 5.95. The second-order valence-corrected chi connectivity index (χ2v) is 7.10. The lowest BCUT2D eigenvalue weighted by molar-refractivity contribution is -0.0247. The molecule has 4 heterocycles. The van der Waals surface area contributed by atoms with Crippen molar-refractivity contribution in [3.05, 3.63) is 35.4 Å². The molecule has 2 fully saturated rings. The Bertz CT molecular complexity index is 786. The number of amides is 1. The maximum atomic E-state index is 13.0. The van der Waals surface area contributed by atoms with E-state index in [2.05, 4.69) is 27.0 Å². The van der Waals surface area contributed by atoms with E-state index in [1.54, 1.807) is 12.4 Å². The van der Waals surface area contributed by atoms with Crippen LogP contribution in [0.3, 0.4) is 0 Å². The minimum atomic E-state index is -0.228. The zero-order chi connectivity index (χ0) is 18.6. The fraction of sp³-hybridized carbons (Fsp3) is 0.579. The zero-order valence-electron chi connectivity index (χ0n) is 15.7. The normalized spacial score (nSPS) is 20.3. The number of ether oxygens (including phenoxy) is 1. The Kier molecular flexibility index (Phi) is 5.33. The fourth-order valence-electron chi connectivity index (χ4n) is 3.73. The van der Waals surface area contributed by atoms with E-state index >= 15 is 0 Å². The molecule has 1 amide bonds. The number of aromatic amines is 1. The third kappa shape index (κ3) is 3.80. The number of aryl methyl sites for hydroxylation is 1. The quantitative estimate of drug-likeness (QED) is 0.866. The predicted molar refractivity (Wildman–Crippen MR) is 101 cm³/mol. The molecule has 144 valence electrons. The van der Waals surface area contributed by atoms with Gasteiger partial charge in [-0.2, -0.15) is 5.10 Å². The number of nitrogens with one attached hydrogen (secondary N) is 1. The summed E-state index contributed by atoms with van der Waals surface area (Å²) < 4.78 is 5.93. The van der Waals surface area contributed by atoms with Gasteiger partial charge in [-0.25, -0.2) is 9.97 Å². The van der Waals surface area contributed by atoms with Gasteiger partial charge < -0.3 is 14.5 Å². The van der Waals surface area contributed by atoms with Crippen LogP contribution in [-0.4, -0.2) is 63.8 Å². The van der Waals surface area contributed by atoms with Gasteiger partial charge in [0.05, 0.1) is 30.6 Å². The number of H-pyrrole nitrogens is 1. The average Bonchev–Trinajstić information content (AvgIpc) is 3.40. The molecular weight excluding hydrogens is 344 g/mol. The Labute approximate surface area is 158 Å². The van der Waals surface area contributed by atoms with Gasteiger partial charge >= 0.3 is 0 Å². The Morgan fingerprint density at radius 3 is 3.00 bits per heavy atom. The van der Waals surface area contributed by atoms with Crippen LogP contribution in [-0.2, 0) is 11.2 Å². The molecular formula is C19H26N6O2. The lowest BCUT2D eigenvalue weighted by Crippen LogP contribution is -2.42. The molecule has 0 unspecified atom stereocenters. The maximum absolute atomic E-state index is 13.0. The third-order valence-electron chi connectivity index (χ3n) is 5.19. The van der Waals surface area contributed by atoms with Crippen molar-refractivity contribution in [1.82, 2.24) is 25.1 Å². The number of carbonyl (C=O) groups excluding carboxylic acids is 1. The Balaban J connectivity index is 1.49. The summed E-state index contributed by atoms with van der Waals surface area (Å²) in [5.41, 5.74) is 2.41. The molecule has 0 aliphatic carbocycles. The molecule has 2 aliphatic heterocycles. The first kappa shape index (κ1) is 17.9. The van der Waals surface area contributed by atoms with E-state index < -0.39 is 0 Å². The number of hydrogen-bond acceptors (Lipinski definition) is 6. The van der Waals surface area contributed by atoms with Crippen LogP contribution in [0.2, 0.25) is 0 Å². The van der Waals surface area contributed by atoms with Crippen molar-refractivity contribution in [2.45, 2.75) is 38.7 Å². The zero-order valence-corrected chi connectivity index (χ0v) is 15.7. The van der Waals surface area contributed by atoms with E-state index in [9.17, 15) is 4.79 Å². The summed E-state index contributed by atoms with van der Waals surface area (Å²) in [5, 5.41) is 7.01. The average molecular weight is 370 g/mol. The summed E-state index contributed by atoms with van der Waals surface area (Å²) >= 11 is 0. The first-order valence-corrected chi connectivity index (χ1v) is 9.77. The van der Waals surface area contributed by atoms with Crippen LogP contribution < -0.4 is 4.90 Å². The third-order valence-corrected chi connectivity index (χ3v) is 5.19. The fourth-order valence-corrected chi connectivity index (χ4v) is 3.73. The van der Waals surface area contributed by atoms with E-state index in [0.717, 1.165) is 43.3 Å². The number of nitrogens with zero attached hydrogens (tertiary/aromatic N) is 5. The lowest BCUT2D eigenvalue weighted by atomic mass is 10.1. The number of rotatable bonds is 5. The number of morpholine rings is 1. The number of carbonyl (C=O) groups is 1. The molecule has 8 nitrogen and oxygen atoms in total. The van der Waals surface area contributed by atoms with Gasteiger partial charge in [0, 0.05) is 31.5 Å². The minimum absolute atomic E-state index is 0.00863. The van der Waals surface area contributed by atoms with Gasteiger partial charge in [0.2, 0.25) is 5.95 Å². The molecule has 2 aromatic heterocycles. The van der Waals surface area contributed by atoms with Gasteiger partial charge in [-0.1, -0.05) is 13.3 Å². The van der Waals surface area contributed by atoms with E-state index in [1.165, 1.54) is 12.8 Å². The summed E-state index contributed by atoms with van der Waals surface area (Å²) in [4.78, 5) is 26.2. The van der Waals surface area contributed by atoms with Crippen LogP contribution in [0.25, 0.3) is 0 Å². The van der Waals surface area contributed by atoms with Crippen molar-refractivity contribution >= 4 is 11.9 Å². The molecule has 2 saturated heterocycles. The van der Waals surface area contributed by atoms with Crippen LogP contribution in [0.5, 0.6) is 0 Å². The molecule has 1 atom stereocenters. The van der Waals surface area contributed by atoms with Crippen LogP contribution >= 0.6 is 0 Å². The molecule has 8 heteroatoms. The van der Waals surface area contributed by atoms with Crippen molar-refractivity contribution in [3.8, 4) is 0 Å². The van der Waals surface area contributed by atoms with Gasteiger partial charge in [-0.3, -0.25) is 9.89 Å². The number of aromatic nitrogens is 4. The minimum Gasteiger partial charge on any atom is -0.368 e. The van der Waals surface area contributed by atoms with Crippen LogP contribution in [0.15, 0.2) is 18.5 Å². The first-order valence-electron chi connectivity index (χ1n) is 9.77. The van der Waals surface area contributed by atoms with Crippen molar-refractivity contribution in [1.29, 1.82) is 0 Å². The molecule has 1 N–H and O–H groups in total. The Hall–Kier alpha value is -2.48. The van der Waals surface area contributed by atoms with Crippen LogP contribution in [0.4, 0.5) is 5.95 Å². The molecule has 0 saturated carbocycles. The largest absolute Gasteiger partial charge is 0.368 e.